The highest BCUT2D eigenvalue weighted by atomic mass is 16.6. The van der Waals surface area contributed by atoms with Gasteiger partial charge in [-0.15, -0.1) is 0 Å². The van der Waals surface area contributed by atoms with Gasteiger partial charge in [0.05, 0.1) is 18.7 Å². The zero-order chi connectivity index (χ0) is 16.7. The molecule has 0 fully saturated rings. The smallest absolute Gasteiger partial charge is 0.347 e. The third kappa shape index (κ3) is 4.03. The number of anilines is 1. The second-order valence-electron chi connectivity index (χ2n) is 4.38. The molecule has 2 aromatic rings. The van der Waals surface area contributed by atoms with Gasteiger partial charge in [0.2, 0.25) is 0 Å². The average molecular weight is 315 g/mol. The quantitative estimate of drug-likeness (QED) is 0.377. The van der Waals surface area contributed by atoms with Crippen LogP contribution in [0.1, 0.15) is 13.8 Å². The first kappa shape index (κ1) is 16.4. The normalized spacial score (nSPS) is 10.0. The van der Waals surface area contributed by atoms with Gasteiger partial charge in [0.25, 0.3) is 0 Å². The van der Waals surface area contributed by atoms with Crippen molar-refractivity contribution in [1.29, 1.82) is 0 Å². The van der Waals surface area contributed by atoms with Gasteiger partial charge in [-0.3, -0.25) is 0 Å². The Kier molecular flexibility index (Phi) is 5.62. The van der Waals surface area contributed by atoms with Gasteiger partial charge in [-0.1, -0.05) is 12.1 Å². The molecule has 1 heterocycles. The number of ether oxygens (including phenoxy) is 2. The number of para-hydroxylation sites is 1. The van der Waals surface area contributed by atoms with Crippen LogP contribution in [-0.4, -0.2) is 35.1 Å². The number of nitrogens with zero attached hydrogens (tertiary/aromatic N) is 2. The predicted octanol–water partition coefficient (Wildman–Crippen LogP) is 2.05. The summed E-state index contributed by atoms with van der Waals surface area (Å²) in [7, 11) is 0. The Morgan fingerprint density at radius 2 is 1.74 bits per heavy atom. The van der Waals surface area contributed by atoms with E-state index in [1.165, 1.54) is 12.5 Å². The van der Waals surface area contributed by atoms with Gasteiger partial charge in [0.1, 0.15) is 12.1 Å². The number of nitrogens with one attached hydrogen (secondary N) is 1. The standard InChI is InChI=1S/C16H17N3O4/c1-3-22-15(20)12(16(21)23-4-2)9-17-14-11-7-5-6-8-13(11)18-10-19-14/h5-10H,3-4H2,1-2H3,(H,17,18,19). The van der Waals surface area contributed by atoms with Crippen LogP contribution < -0.4 is 5.32 Å². The molecule has 1 aromatic heterocycles. The van der Waals surface area contributed by atoms with Crippen molar-refractivity contribution in [3.05, 3.63) is 42.4 Å². The minimum Gasteiger partial charge on any atom is -0.462 e. The summed E-state index contributed by atoms with van der Waals surface area (Å²) in [4.78, 5) is 32.0. The van der Waals surface area contributed by atoms with Crippen molar-refractivity contribution in [2.45, 2.75) is 13.8 Å². The Morgan fingerprint density at radius 1 is 1.09 bits per heavy atom. The van der Waals surface area contributed by atoms with Gasteiger partial charge in [-0.05, 0) is 26.0 Å². The van der Waals surface area contributed by atoms with Gasteiger partial charge < -0.3 is 14.8 Å². The third-order valence-corrected chi connectivity index (χ3v) is 2.89. The van der Waals surface area contributed by atoms with E-state index in [9.17, 15) is 9.59 Å². The van der Waals surface area contributed by atoms with Crippen molar-refractivity contribution in [3.63, 3.8) is 0 Å². The molecule has 0 radical (unpaired) electrons. The Labute approximate surface area is 133 Å². The van der Waals surface area contributed by atoms with Gasteiger partial charge in [0.15, 0.2) is 5.57 Å². The van der Waals surface area contributed by atoms with E-state index in [4.69, 9.17) is 9.47 Å². The number of esters is 2. The molecule has 0 amide bonds. The van der Waals surface area contributed by atoms with Crippen LogP contribution in [-0.2, 0) is 19.1 Å². The molecule has 0 aliphatic carbocycles. The van der Waals surface area contributed by atoms with E-state index in [0.717, 1.165) is 10.9 Å². The Hall–Kier alpha value is -2.96. The highest BCUT2D eigenvalue weighted by molar-refractivity contribution is 6.14. The SMILES string of the molecule is CCOC(=O)C(=CNc1ncnc2ccccc12)C(=O)OCC. The van der Waals surface area contributed by atoms with E-state index in [0.29, 0.717) is 5.82 Å². The van der Waals surface area contributed by atoms with E-state index in [2.05, 4.69) is 15.3 Å². The van der Waals surface area contributed by atoms with Crippen molar-refractivity contribution in [3.8, 4) is 0 Å². The third-order valence-electron chi connectivity index (χ3n) is 2.89. The van der Waals surface area contributed by atoms with Crippen LogP contribution >= 0.6 is 0 Å². The summed E-state index contributed by atoms with van der Waals surface area (Å²) in [6.45, 7) is 3.64. The second kappa shape index (κ2) is 7.88. The summed E-state index contributed by atoms with van der Waals surface area (Å²) in [5, 5.41) is 3.61. The first-order valence-electron chi connectivity index (χ1n) is 7.18. The molecule has 0 aliphatic rings. The minimum atomic E-state index is -0.753. The van der Waals surface area contributed by atoms with Crippen molar-refractivity contribution in [2.24, 2.45) is 0 Å². The lowest BCUT2D eigenvalue weighted by molar-refractivity contribution is -0.146. The van der Waals surface area contributed by atoms with Crippen LogP contribution in [0.15, 0.2) is 42.4 Å². The number of aromatic nitrogens is 2. The fourth-order valence-corrected chi connectivity index (χ4v) is 1.88. The van der Waals surface area contributed by atoms with E-state index in [-0.39, 0.29) is 18.8 Å². The summed E-state index contributed by atoms with van der Waals surface area (Å²) < 4.78 is 9.73. The topological polar surface area (TPSA) is 90.4 Å². The molecule has 0 saturated carbocycles. The molecule has 7 heteroatoms. The zero-order valence-electron chi connectivity index (χ0n) is 12.9. The average Bonchev–Trinajstić information content (AvgIpc) is 2.55. The Morgan fingerprint density at radius 3 is 2.39 bits per heavy atom. The van der Waals surface area contributed by atoms with E-state index in [1.807, 2.05) is 24.3 Å². The monoisotopic (exact) mass is 315 g/mol. The first-order valence-corrected chi connectivity index (χ1v) is 7.18. The zero-order valence-corrected chi connectivity index (χ0v) is 12.9. The highest BCUT2D eigenvalue weighted by Crippen LogP contribution is 2.18. The molecular weight excluding hydrogens is 298 g/mol. The number of carbonyl (C=O) groups is 2. The molecule has 0 spiro atoms. The molecule has 1 N–H and O–H groups in total. The summed E-state index contributed by atoms with van der Waals surface area (Å²) in [6.07, 6.45) is 2.64. The molecule has 0 atom stereocenters. The second-order valence-corrected chi connectivity index (χ2v) is 4.38. The van der Waals surface area contributed by atoms with Gasteiger partial charge in [0, 0.05) is 11.6 Å². The van der Waals surface area contributed by atoms with Crippen molar-refractivity contribution >= 4 is 28.7 Å². The van der Waals surface area contributed by atoms with Crippen LogP contribution in [0.3, 0.4) is 0 Å². The first-order chi connectivity index (χ1) is 11.2. The largest absolute Gasteiger partial charge is 0.462 e. The van der Waals surface area contributed by atoms with Gasteiger partial charge in [-0.2, -0.15) is 0 Å². The van der Waals surface area contributed by atoms with E-state index >= 15 is 0 Å². The van der Waals surface area contributed by atoms with Gasteiger partial charge in [-0.25, -0.2) is 19.6 Å². The van der Waals surface area contributed by atoms with Gasteiger partial charge >= 0.3 is 11.9 Å². The van der Waals surface area contributed by atoms with Crippen LogP contribution in [0.5, 0.6) is 0 Å². The number of fused-ring (bicyclic) bond motifs is 1. The molecule has 120 valence electrons. The number of hydrogen-bond acceptors (Lipinski definition) is 7. The number of rotatable bonds is 6. The van der Waals surface area contributed by atoms with Crippen LogP contribution in [0.4, 0.5) is 5.82 Å². The number of benzene rings is 1. The number of carbonyl (C=O) groups excluding carboxylic acids is 2. The highest BCUT2D eigenvalue weighted by Gasteiger charge is 2.21. The molecule has 7 nitrogen and oxygen atoms in total. The molecule has 1 aromatic carbocycles. The lowest BCUT2D eigenvalue weighted by Gasteiger charge is -2.08. The predicted molar refractivity (Wildman–Crippen MR) is 84.5 cm³/mol. The van der Waals surface area contributed by atoms with Crippen LogP contribution in [0, 0.1) is 0 Å². The molecule has 2 rings (SSSR count). The summed E-state index contributed by atoms with van der Waals surface area (Å²) in [5.41, 5.74) is 0.517. The van der Waals surface area contributed by atoms with E-state index in [1.54, 1.807) is 13.8 Å². The summed E-state index contributed by atoms with van der Waals surface area (Å²) in [6, 6.07) is 7.37. The fraction of sp³-hybridized carbons (Fsp3) is 0.250. The lowest BCUT2D eigenvalue weighted by atomic mass is 10.2. The van der Waals surface area contributed by atoms with E-state index < -0.39 is 11.9 Å². The van der Waals surface area contributed by atoms with Crippen LogP contribution in [0.2, 0.25) is 0 Å². The maximum absolute atomic E-state index is 11.9. The molecule has 0 saturated heterocycles. The lowest BCUT2D eigenvalue weighted by Crippen LogP contribution is -2.19. The molecule has 0 unspecified atom stereocenters. The fourth-order valence-electron chi connectivity index (χ4n) is 1.88. The molecule has 0 bridgehead atoms. The minimum absolute atomic E-state index is 0.159. The molecule has 0 aliphatic heterocycles. The Balaban J connectivity index is 2.31. The van der Waals surface area contributed by atoms with Crippen molar-refractivity contribution < 1.29 is 19.1 Å². The Bertz CT molecular complexity index is 718. The maximum Gasteiger partial charge on any atom is 0.347 e. The maximum atomic E-state index is 11.9. The van der Waals surface area contributed by atoms with Crippen molar-refractivity contribution in [1.82, 2.24) is 9.97 Å². The van der Waals surface area contributed by atoms with Crippen LogP contribution in [0.25, 0.3) is 10.9 Å². The molecular formula is C16H17N3O4. The summed E-state index contributed by atoms with van der Waals surface area (Å²) in [5.74, 6) is -1.03. The molecule has 23 heavy (non-hydrogen) atoms. The van der Waals surface area contributed by atoms with Crippen molar-refractivity contribution in [2.75, 3.05) is 18.5 Å². The summed E-state index contributed by atoms with van der Waals surface area (Å²) >= 11 is 0. The number of hydrogen-bond donors (Lipinski definition) is 1.